The number of nitrogens with one attached hydrogen (secondary N) is 2. The van der Waals surface area contributed by atoms with Crippen LogP contribution in [0.25, 0.3) is 0 Å². The average Bonchev–Trinajstić information content (AvgIpc) is 2.61. The molecule has 1 amide bonds. The van der Waals surface area contributed by atoms with Crippen molar-refractivity contribution >= 4 is 17.7 Å². The molecule has 7 heteroatoms. The predicted octanol–water partition coefficient (Wildman–Crippen LogP) is 1.89. The van der Waals surface area contributed by atoms with Crippen molar-refractivity contribution in [3.8, 4) is 0 Å². The van der Waals surface area contributed by atoms with Gasteiger partial charge in [-0.3, -0.25) is 4.79 Å². The zero-order valence-corrected chi connectivity index (χ0v) is 14.1. The molecule has 1 saturated carbocycles. The van der Waals surface area contributed by atoms with Crippen LogP contribution in [0.3, 0.4) is 0 Å². The van der Waals surface area contributed by atoms with Crippen LogP contribution < -0.4 is 16.4 Å². The number of nitrogens with zero attached hydrogens (tertiary/aromatic N) is 2. The Hall–Kier alpha value is -1.89. The highest BCUT2D eigenvalue weighted by molar-refractivity contribution is 5.97. The van der Waals surface area contributed by atoms with E-state index in [1.807, 2.05) is 20.8 Å². The Morgan fingerprint density at radius 3 is 2.70 bits per heavy atom. The summed E-state index contributed by atoms with van der Waals surface area (Å²) in [6.45, 7) is 6.02. The third-order valence-electron chi connectivity index (χ3n) is 3.78. The van der Waals surface area contributed by atoms with Gasteiger partial charge in [0.25, 0.3) is 5.91 Å². The first-order valence-electron chi connectivity index (χ1n) is 8.14. The molecule has 0 bridgehead atoms. The first kappa shape index (κ1) is 17.5. The van der Waals surface area contributed by atoms with E-state index in [-0.39, 0.29) is 23.2 Å². The van der Waals surface area contributed by atoms with Crippen LogP contribution >= 0.6 is 0 Å². The first-order valence-corrected chi connectivity index (χ1v) is 8.14. The van der Waals surface area contributed by atoms with E-state index in [4.69, 9.17) is 5.73 Å². The lowest BCUT2D eigenvalue weighted by Gasteiger charge is -2.23. The molecule has 1 fully saturated rings. The number of nitrogens with two attached hydrogens (primary N) is 1. The number of amides is 1. The number of rotatable bonds is 4. The molecule has 1 aliphatic carbocycles. The molecule has 1 aromatic rings. The normalized spacial score (nSPS) is 22.3. The van der Waals surface area contributed by atoms with E-state index >= 15 is 0 Å². The van der Waals surface area contributed by atoms with E-state index in [9.17, 15) is 9.90 Å². The van der Waals surface area contributed by atoms with Crippen LogP contribution in [0.2, 0.25) is 0 Å². The van der Waals surface area contributed by atoms with Gasteiger partial charge in [-0.05, 0) is 40.0 Å². The number of primary amides is 1. The second-order valence-corrected chi connectivity index (χ2v) is 7.21. The van der Waals surface area contributed by atoms with E-state index in [0.29, 0.717) is 18.2 Å². The maximum atomic E-state index is 11.6. The molecule has 0 saturated heterocycles. The summed E-state index contributed by atoms with van der Waals surface area (Å²) in [5, 5.41) is 16.4. The Morgan fingerprint density at radius 2 is 2.04 bits per heavy atom. The summed E-state index contributed by atoms with van der Waals surface area (Å²) in [6, 6.07) is 0.0722. The lowest BCUT2D eigenvalue weighted by molar-refractivity contribution is 0.100. The lowest BCUT2D eigenvalue weighted by Crippen LogP contribution is -2.29. The van der Waals surface area contributed by atoms with Crippen LogP contribution in [0.1, 0.15) is 63.2 Å². The largest absolute Gasteiger partial charge is 0.393 e. The quantitative estimate of drug-likeness (QED) is 0.630. The van der Waals surface area contributed by atoms with Gasteiger partial charge in [-0.25, -0.2) is 4.98 Å². The molecule has 0 radical (unpaired) electrons. The van der Waals surface area contributed by atoms with Crippen molar-refractivity contribution in [2.24, 2.45) is 5.73 Å². The van der Waals surface area contributed by atoms with Gasteiger partial charge in [0.1, 0.15) is 5.82 Å². The van der Waals surface area contributed by atoms with Crippen LogP contribution in [0.4, 0.5) is 11.8 Å². The maximum Gasteiger partial charge on any atom is 0.254 e. The average molecular weight is 321 g/mol. The van der Waals surface area contributed by atoms with Crippen molar-refractivity contribution in [3.05, 3.63) is 11.8 Å². The number of hydrogen-bond donors (Lipinski definition) is 4. The van der Waals surface area contributed by atoms with Gasteiger partial charge in [0.2, 0.25) is 5.95 Å². The van der Waals surface area contributed by atoms with E-state index in [0.717, 1.165) is 25.7 Å². The zero-order valence-electron chi connectivity index (χ0n) is 14.1. The van der Waals surface area contributed by atoms with Crippen LogP contribution in [-0.2, 0) is 0 Å². The second-order valence-electron chi connectivity index (χ2n) is 7.21. The van der Waals surface area contributed by atoms with Gasteiger partial charge in [-0.2, -0.15) is 4.98 Å². The highest BCUT2D eigenvalue weighted by Gasteiger charge is 2.22. The Bertz CT molecular complexity index is 556. The lowest BCUT2D eigenvalue weighted by atomic mass is 10.1. The molecule has 1 heterocycles. The second kappa shape index (κ2) is 7.12. The number of carbonyl (C=O) groups is 1. The summed E-state index contributed by atoms with van der Waals surface area (Å²) < 4.78 is 0. The van der Waals surface area contributed by atoms with Crippen molar-refractivity contribution in [2.75, 3.05) is 10.6 Å². The number of aliphatic hydroxyl groups is 1. The molecule has 1 aliphatic rings. The zero-order chi connectivity index (χ0) is 17.0. The van der Waals surface area contributed by atoms with Crippen molar-refractivity contribution in [3.63, 3.8) is 0 Å². The Labute approximate surface area is 137 Å². The van der Waals surface area contributed by atoms with E-state index in [2.05, 4.69) is 20.6 Å². The molecule has 128 valence electrons. The van der Waals surface area contributed by atoms with Crippen LogP contribution in [-0.4, -0.2) is 38.7 Å². The molecule has 2 atom stereocenters. The van der Waals surface area contributed by atoms with Crippen LogP contribution in [0.15, 0.2) is 6.20 Å². The van der Waals surface area contributed by atoms with Gasteiger partial charge in [0.05, 0.1) is 11.7 Å². The molecule has 0 spiro atoms. The van der Waals surface area contributed by atoms with E-state index < -0.39 is 5.91 Å². The number of hydrogen-bond acceptors (Lipinski definition) is 6. The minimum absolute atomic E-state index is 0.0722. The van der Waals surface area contributed by atoms with Crippen molar-refractivity contribution in [1.29, 1.82) is 0 Å². The summed E-state index contributed by atoms with van der Waals surface area (Å²) in [4.78, 5) is 20.2. The SMILES string of the molecule is CC(C)(C)Nc1ncc(C(N)=O)c(N[C@@H]2CCCC[C@H](O)C2)n1. The summed E-state index contributed by atoms with van der Waals surface area (Å²) in [5.74, 6) is 0.307. The van der Waals surface area contributed by atoms with Gasteiger partial charge < -0.3 is 21.5 Å². The summed E-state index contributed by atoms with van der Waals surface area (Å²) in [5.41, 5.74) is 5.50. The van der Waals surface area contributed by atoms with Gasteiger partial charge in [0.15, 0.2) is 0 Å². The summed E-state index contributed by atoms with van der Waals surface area (Å²) >= 11 is 0. The Morgan fingerprint density at radius 1 is 1.35 bits per heavy atom. The molecular weight excluding hydrogens is 294 g/mol. The van der Waals surface area contributed by atoms with E-state index in [1.165, 1.54) is 6.20 Å². The fraction of sp³-hybridized carbons (Fsp3) is 0.688. The third kappa shape index (κ3) is 5.35. The van der Waals surface area contributed by atoms with Crippen LogP contribution in [0, 0.1) is 0 Å². The fourth-order valence-corrected chi connectivity index (χ4v) is 2.73. The first-order chi connectivity index (χ1) is 10.7. The molecule has 7 nitrogen and oxygen atoms in total. The number of carbonyl (C=O) groups excluding carboxylic acids is 1. The molecule has 0 aromatic carbocycles. The summed E-state index contributed by atoms with van der Waals surface area (Å²) in [6.07, 6.45) is 5.58. The minimum atomic E-state index is -0.566. The number of aromatic nitrogens is 2. The van der Waals surface area contributed by atoms with Gasteiger partial charge in [0, 0.05) is 17.8 Å². The molecule has 2 rings (SSSR count). The third-order valence-corrected chi connectivity index (χ3v) is 3.78. The molecule has 0 aliphatic heterocycles. The van der Waals surface area contributed by atoms with Gasteiger partial charge in [-0.1, -0.05) is 12.8 Å². The van der Waals surface area contributed by atoms with Crippen molar-refractivity contribution in [1.82, 2.24) is 9.97 Å². The standard InChI is InChI=1S/C16H27N5O2/c1-16(2,3)21-15-18-9-12(13(17)23)14(20-15)19-10-6-4-5-7-11(22)8-10/h9-11,22H,4-8H2,1-3H3,(H2,17,23)(H2,18,19,20,21)/t10-,11+/m1/s1. The highest BCUT2D eigenvalue weighted by atomic mass is 16.3. The Balaban J connectivity index is 2.22. The van der Waals surface area contributed by atoms with Gasteiger partial charge >= 0.3 is 0 Å². The number of anilines is 2. The molecular formula is C16H27N5O2. The van der Waals surface area contributed by atoms with Crippen molar-refractivity contribution in [2.45, 2.75) is 70.6 Å². The Kier molecular flexibility index (Phi) is 5.41. The molecule has 0 unspecified atom stereocenters. The van der Waals surface area contributed by atoms with Crippen LogP contribution in [0.5, 0.6) is 0 Å². The summed E-state index contributed by atoms with van der Waals surface area (Å²) in [7, 11) is 0. The smallest absolute Gasteiger partial charge is 0.254 e. The monoisotopic (exact) mass is 321 g/mol. The van der Waals surface area contributed by atoms with Gasteiger partial charge in [-0.15, -0.1) is 0 Å². The topological polar surface area (TPSA) is 113 Å². The molecule has 1 aromatic heterocycles. The van der Waals surface area contributed by atoms with Crippen molar-refractivity contribution < 1.29 is 9.90 Å². The molecule has 23 heavy (non-hydrogen) atoms. The molecule has 5 N–H and O–H groups in total. The number of aliphatic hydroxyl groups excluding tert-OH is 1. The fourth-order valence-electron chi connectivity index (χ4n) is 2.73. The highest BCUT2D eigenvalue weighted by Crippen LogP contribution is 2.23. The maximum absolute atomic E-state index is 11.6. The van der Waals surface area contributed by atoms with E-state index in [1.54, 1.807) is 0 Å². The predicted molar refractivity (Wildman–Crippen MR) is 90.4 cm³/mol. The minimum Gasteiger partial charge on any atom is -0.393 e.